The van der Waals surface area contributed by atoms with Gasteiger partial charge in [-0.15, -0.1) is 0 Å². The Kier molecular flexibility index (Phi) is 5.04. The average Bonchev–Trinajstić information content (AvgIpc) is 2.37. The zero-order valence-corrected chi connectivity index (χ0v) is 13.7. The molecule has 0 radical (unpaired) electrons. The van der Waals surface area contributed by atoms with E-state index in [9.17, 15) is 0 Å². The zero-order valence-electron chi connectivity index (χ0n) is 12.1. The van der Waals surface area contributed by atoms with Crippen LogP contribution in [-0.2, 0) is 4.74 Å². The van der Waals surface area contributed by atoms with Gasteiger partial charge in [-0.1, -0.05) is 34.1 Å². The van der Waals surface area contributed by atoms with E-state index in [0.29, 0.717) is 5.92 Å². The van der Waals surface area contributed by atoms with Gasteiger partial charge >= 0.3 is 0 Å². The Morgan fingerprint density at radius 3 is 2.74 bits per heavy atom. The molecule has 3 heteroatoms. The molecule has 0 bridgehead atoms. The highest BCUT2D eigenvalue weighted by Gasteiger charge is 2.29. The SMILES string of the molecule is CC(C)(C)NCC1CCCOC1c1ccccc1Br. The van der Waals surface area contributed by atoms with E-state index in [1.54, 1.807) is 0 Å². The predicted molar refractivity (Wildman–Crippen MR) is 83.3 cm³/mol. The summed E-state index contributed by atoms with van der Waals surface area (Å²) >= 11 is 3.65. The molecule has 1 aromatic carbocycles. The minimum Gasteiger partial charge on any atom is -0.373 e. The predicted octanol–water partition coefficient (Wildman–Crippen LogP) is 4.30. The number of nitrogens with one attached hydrogen (secondary N) is 1. The van der Waals surface area contributed by atoms with E-state index in [0.717, 1.165) is 24.0 Å². The number of ether oxygens (including phenoxy) is 1. The summed E-state index contributed by atoms with van der Waals surface area (Å²) in [7, 11) is 0. The van der Waals surface area contributed by atoms with Crippen LogP contribution in [0.5, 0.6) is 0 Å². The normalized spacial score (nSPS) is 24.4. The van der Waals surface area contributed by atoms with Crippen LogP contribution in [0.3, 0.4) is 0 Å². The summed E-state index contributed by atoms with van der Waals surface area (Å²) in [5.41, 5.74) is 1.44. The van der Waals surface area contributed by atoms with E-state index < -0.39 is 0 Å². The lowest BCUT2D eigenvalue weighted by Crippen LogP contribution is -2.41. The van der Waals surface area contributed by atoms with Crippen molar-refractivity contribution in [2.45, 2.75) is 45.3 Å². The smallest absolute Gasteiger partial charge is 0.0876 e. The molecule has 1 fully saturated rings. The monoisotopic (exact) mass is 325 g/mol. The highest BCUT2D eigenvalue weighted by Crippen LogP contribution is 2.36. The lowest BCUT2D eigenvalue weighted by atomic mass is 9.89. The second kappa shape index (κ2) is 6.38. The molecule has 0 aromatic heterocycles. The van der Waals surface area contributed by atoms with Crippen molar-refractivity contribution in [2.24, 2.45) is 5.92 Å². The van der Waals surface area contributed by atoms with Gasteiger partial charge in [0.25, 0.3) is 0 Å². The van der Waals surface area contributed by atoms with E-state index in [1.165, 1.54) is 12.0 Å². The summed E-state index contributed by atoms with van der Waals surface area (Å²) < 4.78 is 7.21. The van der Waals surface area contributed by atoms with Crippen molar-refractivity contribution >= 4 is 15.9 Å². The quantitative estimate of drug-likeness (QED) is 0.894. The van der Waals surface area contributed by atoms with Crippen LogP contribution in [0.4, 0.5) is 0 Å². The fourth-order valence-corrected chi connectivity index (χ4v) is 3.05. The standard InChI is InChI=1S/C16H24BrNO/c1-16(2,3)18-11-12-7-6-10-19-15(12)13-8-4-5-9-14(13)17/h4-5,8-9,12,15,18H,6-7,10-11H2,1-3H3. The second-order valence-electron chi connectivity index (χ2n) is 6.35. The first-order valence-corrected chi connectivity index (χ1v) is 7.88. The first-order chi connectivity index (χ1) is 8.97. The van der Waals surface area contributed by atoms with Crippen LogP contribution in [-0.4, -0.2) is 18.7 Å². The third kappa shape index (κ3) is 4.30. The lowest BCUT2D eigenvalue weighted by molar-refractivity contribution is -0.0296. The Hall–Kier alpha value is -0.380. The average molecular weight is 326 g/mol. The van der Waals surface area contributed by atoms with Crippen molar-refractivity contribution in [3.8, 4) is 0 Å². The highest BCUT2D eigenvalue weighted by atomic mass is 79.9. The molecule has 1 aliphatic heterocycles. The summed E-state index contributed by atoms with van der Waals surface area (Å²) in [6.07, 6.45) is 2.60. The van der Waals surface area contributed by atoms with Gasteiger partial charge in [-0.3, -0.25) is 0 Å². The molecule has 2 unspecified atom stereocenters. The summed E-state index contributed by atoms with van der Waals surface area (Å²) in [6.45, 7) is 8.52. The molecule has 1 heterocycles. The van der Waals surface area contributed by atoms with E-state index in [-0.39, 0.29) is 11.6 Å². The van der Waals surface area contributed by atoms with Gasteiger partial charge in [-0.25, -0.2) is 0 Å². The lowest BCUT2D eigenvalue weighted by Gasteiger charge is -2.35. The van der Waals surface area contributed by atoms with Gasteiger partial charge in [0.2, 0.25) is 0 Å². The van der Waals surface area contributed by atoms with E-state index >= 15 is 0 Å². The Balaban J connectivity index is 2.10. The van der Waals surface area contributed by atoms with Gasteiger partial charge in [0.05, 0.1) is 6.10 Å². The van der Waals surface area contributed by atoms with Crippen LogP contribution in [0.15, 0.2) is 28.7 Å². The number of halogens is 1. The number of benzene rings is 1. The Morgan fingerprint density at radius 2 is 2.05 bits per heavy atom. The van der Waals surface area contributed by atoms with Gasteiger partial charge in [-0.05, 0) is 45.2 Å². The van der Waals surface area contributed by atoms with Crippen molar-refractivity contribution in [3.63, 3.8) is 0 Å². The van der Waals surface area contributed by atoms with Gasteiger partial charge in [-0.2, -0.15) is 0 Å². The molecule has 2 nitrogen and oxygen atoms in total. The third-order valence-electron chi connectivity index (χ3n) is 3.55. The molecule has 0 aliphatic carbocycles. The molecule has 0 spiro atoms. The van der Waals surface area contributed by atoms with Crippen molar-refractivity contribution in [3.05, 3.63) is 34.3 Å². The topological polar surface area (TPSA) is 21.3 Å². The van der Waals surface area contributed by atoms with Crippen molar-refractivity contribution in [1.82, 2.24) is 5.32 Å². The van der Waals surface area contributed by atoms with Crippen LogP contribution in [0.25, 0.3) is 0 Å². The van der Waals surface area contributed by atoms with Crippen LogP contribution in [0, 0.1) is 5.92 Å². The van der Waals surface area contributed by atoms with Crippen molar-refractivity contribution in [1.29, 1.82) is 0 Å². The molecule has 1 saturated heterocycles. The first-order valence-electron chi connectivity index (χ1n) is 7.08. The van der Waals surface area contributed by atoms with Crippen molar-refractivity contribution in [2.75, 3.05) is 13.2 Å². The molecule has 2 rings (SSSR count). The van der Waals surface area contributed by atoms with Gasteiger partial charge in [0, 0.05) is 29.1 Å². The number of hydrogen-bond donors (Lipinski definition) is 1. The van der Waals surface area contributed by atoms with Crippen molar-refractivity contribution < 1.29 is 4.74 Å². The molecule has 1 aliphatic rings. The van der Waals surface area contributed by atoms with Gasteiger partial charge in [0.15, 0.2) is 0 Å². The van der Waals surface area contributed by atoms with E-state index in [1.807, 2.05) is 0 Å². The molecule has 2 atom stereocenters. The van der Waals surface area contributed by atoms with Crippen LogP contribution >= 0.6 is 15.9 Å². The molecule has 19 heavy (non-hydrogen) atoms. The van der Waals surface area contributed by atoms with Gasteiger partial charge < -0.3 is 10.1 Å². The summed E-state index contributed by atoms with van der Waals surface area (Å²) in [5.74, 6) is 0.548. The second-order valence-corrected chi connectivity index (χ2v) is 7.20. The first kappa shape index (κ1) is 15.0. The van der Waals surface area contributed by atoms with Crippen LogP contribution < -0.4 is 5.32 Å². The summed E-state index contributed by atoms with van der Waals surface area (Å²) in [4.78, 5) is 0. The Morgan fingerprint density at radius 1 is 1.32 bits per heavy atom. The van der Waals surface area contributed by atoms with Crippen LogP contribution in [0.2, 0.25) is 0 Å². The Bertz CT molecular complexity index is 413. The maximum atomic E-state index is 6.05. The van der Waals surface area contributed by atoms with E-state index in [2.05, 4.69) is 66.3 Å². The molecule has 106 valence electrons. The largest absolute Gasteiger partial charge is 0.373 e. The summed E-state index contributed by atoms with van der Waals surface area (Å²) in [5, 5.41) is 3.62. The molecular formula is C16H24BrNO. The van der Waals surface area contributed by atoms with E-state index in [4.69, 9.17) is 4.74 Å². The zero-order chi connectivity index (χ0) is 13.9. The molecular weight excluding hydrogens is 302 g/mol. The molecule has 1 N–H and O–H groups in total. The van der Waals surface area contributed by atoms with Gasteiger partial charge in [0.1, 0.15) is 0 Å². The Labute approximate surface area is 125 Å². The minimum absolute atomic E-state index is 0.163. The number of rotatable bonds is 3. The maximum Gasteiger partial charge on any atom is 0.0876 e. The van der Waals surface area contributed by atoms with Crippen LogP contribution in [0.1, 0.15) is 45.3 Å². The minimum atomic E-state index is 0.163. The third-order valence-corrected chi connectivity index (χ3v) is 4.27. The number of hydrogen-bond acceptors (Lipinski definition) is 2. The highest BCUT2D eigenvalue weighted by molar-refractivity contribution is 9.10. The fraction of sp³-hybridized carbons (Fsp3) is 0.625. The molecule has 0 amide bonds. The fourth-order valence-electron chi connectivity index (χ4n) is 2.54. The molecule has 1 aromatic rings. The summed E-state index contributed by atoms with van der Waals surface area (Å²) in [6, 6.07) is 8.41. The molecule has 0 saturated carbocycles. The maximum absolute atomic E-state index is 6.05.